The summed E-state index contributed by atoms with van der Waals surface area (Å²) in [5.41, 5.74) is 2.47. The van der Waals surface area contributed by atoms with Crippen LogP contribution in [0.4, 0.5) is 8.78 Å². The van der Waals surface area contributed by atoms with Gasteiger partial charge in [0.05, 0.1) is 13.2 Å². The van der Waals surface area contributed by atoms with Crippen molar-refractivity contribution in [2.45, 2.75) is 25.6 Å². The van der Waals surface area contributed by atoms with E-state index in [0.29, 0.717) is 18.7 Å². The topological polar surface area (TPSA) is 32.8 Å². The normalized spacial score (nSPS) is 12.0. The van der Waals surface area contributed by atoms with Crippen LogP contribution in [0, 0.1) is 11.6 Å². The number of hydroxylamine groups is 2. The third-order valence-corrected chi connectivity index (χ3v) is 5.12. The van der Waals surface area contributed by atoms with Gasteiger partial charge in [-0.2, -0.15) is 0 Å². The summed E-state index contributed by atoms with van der Waals surface area (Å²) in [4.78, 5) is 20.4. The Bertz CT molecular complexity index is 922. The molecule has 4 nitrogen and oxygen atoms in total. The quantitative estimate of drug-likeness (QED) is 0.471. The Morgan fingerprint density at radius 1 is 0.839 bits per heavy atom. The van der Waals surface area contributed by atoms with Crippen LogP contribution in [-0.2, 0) is 29.1 Å². The van der Waals surface area contributed by atoms with Crippen molar-refractivity contribution < 1.29 is 18.4 Å². The molecule has 31 heavy (non-hydrogen) atoms. The van der Waals surface area contributed by atoms with Crippen LogP contribution in [0.25, 0.3) is 0 Å². The van der Waals surface area contributed by atoms with E-state index < -0.39 is 17.7 Å². The molecule has 3 aromatic rings. The van der Waals surface area contributed by atoms with Gasteiger partial charge in [-0.3, -0.25) is 14.5 Å². The maximum Gasteiger partial charge on any atom is 0.263 e. The molecule has 1 unspecified atom stereocenters. The highest BCUT2D eigenvalue weighted by Gasteiger charge is 2.30. The van der Waals surface area contributed by atoms with E-state index in [1.807, 2.05) is 65.6 Å². The predicted octanol–water partition coefficient (Wildman–Crippen LogP) is 4.60. The Morgan fingerprint density at radius 2 is 1.32 bits per heavy atom. The number of nitrogens with zero attached hydrogens (tertiary/aromatic N) is 2. The highest BCUT2D eigenvalue weighted by Crippen LogP contribution is 2.20. The summed E-state index contributed by atoms with van der Waals surface area (Å²) in [6.45, 7) is 0.975. The SMILES string of the molecule is CON(C)C(=O)C(Cc1cc(F)cc(F)c1)N(Cc1ccccc1)Cc1ccccc1. The molecule has 0 bridgehead atoms. The third-order valence-electron chi connectivity index (χ3n) is 5.12. The minimum absolute atomic E-state index is 0.140. The van der Waals surface area contributed by atoms with Gasteiger partial charge in [0.25, 0.3) is 5.91 Å². The van der Waals surface area contributed by atoms with E-state index >= 15 is 0 Å². The van der Waals surface area contributed by atoms with Crippen molar-refractivity contribution in [1.29, 1.82) is 0 Å². The Balaban J connectivity index is 1.98. The second-order valence-electron chi connectivity index (χ2n) is 7.39. The average Bonchev–Trinajstić information content (AvgIpc) is 2.77. The van der Waals surface area contributed by atoms with Crippen LogP contribution in [0.3, 0.4) is 0 Å². The summed E-state index contributed by atoms with van der Waals surface area (Å²) in [5.74, 6) is -1.63. The molecule has 0 radical (unpaired) electrons. The first-order valence-corrected chi connectivity index (χ1v) is 10.0. The van der Waals surface area contributed by atoms with Crippen molar-refractivity contribution in [3.05, 3.63) is 107 Å². The Kier molecular flexibility index (Phi) is 7.87. The molecule has 0 N–H and O–H groups in total. The fourth-order valence-corrected chi connectivity index (χ4v) is 3.54. The molecule has 162 valence electrons. The second-order valence-corrected chi connectivity index (χ2v) is 7.39. The minimum Gasteiger partial charge on any atom is -0.283 e. The van der Waals surface area contributed by atoms with E-state index in [9.17, 15) is 13.6 Å². The molecular formula is C25H26F2N2O2. The number of hydrogen-bond acceptors (Lipinski definition) is 3. The van der Waals surface area contributed by atoms with E-state index in [1.165, 1.54) is 26.3 Å². The summed E-state index contributed by atoms with van der Waals surface area (Å²) in [7, 11) is 2.94. The number of likely N-dealkylation sites (N-methyl/N-ethyl adjacent to an activating group) is 1. The van der Waals surface area contributed by atoms with Crippen molar-refractivity contribution in [3.63, 3.8) is 0 Å². The van der Waals surface area contributed by atoms with Crippen LogP contribution >= 0.6 is 0 Å². The first-order chi connectivity index (χ1) is 15.0. The molecular weight excluding hydrogens is 398 g/mol. The molecule has 0 aliphatic carbocycles. The second kappa shape index (κ2) is 10.8. The lowest BCUT2D eigenvalue weighted by Gasteiger charge is -2.33. The van der Waals surface area contributed by atoms with Crippen LogP contribution in [0.1, 0.15) is 16.7 Å². The molecule has 0 aliphatic heterocycles. The average molecular weight is 424 g/mol. The van der Waals surface area contributed by atoms with E-state index in [0.717, 1.165) is 22.3 Å². The number of hydrogen-bond donors (Lipinski definition) is 0. The first kappa shape index (κ1) is 22.6. The Morgan fingerprint density at radius 3 is 1.77 bits per heavy atom. The van der Waals surface area contributed by atoms with Gasteiger partial charge in [0, 0.05) is 26.2 Å². The van der Waals surface area contributed by atoms with Crippen LogP contribution in [0.5, 0.6) is 0 Å². The molecule has 0 spiro atoms. The summed E-state index contributed by atoms with van der Waals surface area (Å²) >= 11 is 0. The van der Waals surface area contributed by atoms with Gasteiger partial charge in [0.2, 0.25) is 0 Å². The molecule has 0 fully saturated rings. The minimum atomic E-state index is -0.688. The number of carbonyl (C=O) groups excluding carboxylic acids is 1. The Hall–Kier alpha value is -3.09. The summed E-state index contributed by atoms with van der Waals surface area (Å²) in [5, 5.41) is 1.16. The lowest BCUT2D eigenvalue weighted by atomic mass is 10.0. The van der Waals surface area contributed by atoms with E-state index in [1.54, 1.807) is 0 Å². The highest BCUT2D eigenvalue weighted by atomic mass is 19.1. The highest BCUT2D eigenvalue weighted by molar-refractivity contribution is 5.81. The Labute approximate surface area is 181 Å². The number of carbonyl (C=O) groups is 1. The maximum absolute atomic E-state index is 13.8. The van der Waals surface area contributed by atoms with Crippen molar-refractivity contribution in [2.75, 3.05) is 14.2 Å². The maximum atomic E-state index is 13.8. The zero-order valence-electron chi connectivity index (χ0n) is 17.7. The molecule has 3 aromatic carbocycles. The zero-order valence-corrected chi connectivity index (χ0v) is 17.7. The van der Waals surface area contributed by atoms with Crippen molar-refractivity contribution >= 4 is 5.91 Å². The largest absolute Gasteiger partial charge is 0.283 e. The van der Waals surface area contributed by atoms with Crippen LogP contribution in [0.15, 0.2) is 78.9 Å². The van der Waals surface area contributed by atoms with Crippen LogP contribution < -0.4 is 0 Å². The predicted molar refractivity (Wildman–Crippen MR) is 116 cm³/mol. The van der Waals surface area contributed by atoms with Crippen molar-refractivity contribution in [3.8, 4) is 0 Å². The first-order valence-electron chi connectivity index (χ1n) is 10.0. The van der Waals surface area contributed by atoms with Crippen molar-refractivity contribution in [1.82, 2.24) is 9.96 Å². The lowest BCUT2D eigenvalue weighted by Crippen LogP contribution is -2.48. The zero-order chi connectivity index (χ0) is 22.2. The number of amides is 1. The van der Waals surface area contributed by atoms with E-state index in [4.69, 9.17) is 4.84 Å². The number of benzene rings is 3. The summed E-state index contributed by atoms with van der Waals surface area (Å²) in [6, 6.07) is 22.2. The molecule has 3 rings (SSSR count). The van der Waals surface area contributed by atoms with Crippen molar-refractivity contribution in [2.24, 2.45) is 0 Å². The smallest absolute Gasteiger partial charge is 0.263 e. The lowest BCUT2D eigenvalue weighted by molar-refractivity contribution is -0.175. The van der Waals surface area contributed by atoms with E-state index in [2.05, 4.69) is 0 Å². The van der Waals surface area contributed by atoms with Gasteiger partial charge in [0.15, 0.2) is 0 Å². The molecule has 1 atom stereocenters. The van der Waals surface area contributed by atoms with Gasteiger partial charge >= 0.3 is 0 Å². The molecule has 0 saturated carbocycles. The van der Waals surface area contributed by atoms with Gasteiger partial charge in [-0.05, 0) is 35.2 Å². The van der Waals surface area contributed by atoms with Gasteiger partial charge in [0.1, 0.15) is 11.6 Å². The van der Waals surface area contributed by atoms with Gasteiger partial charge < -0.3 is 0 Å². The van der Waals surface area contributed by atoms with Gasteiger partial charge in [-0.1, -0.05) is 60.7 Å². The summed E-state index contributed by atoms with van der Waals surface area (Å²) < 4.78 is 27.7. The van der Waals surface area contributed by atoms with Gasteiger partial charge in [-0.25, -0.2) is 13.8 Å². The fourth-order valence-electron chi connectivity index (χ4n) is 3.54. The van der Waals surface area contributed by atoms with E-state index in [-0.39, 0.29) is 12.3 Å². The van der Waals surface area contributed by atoms with Crippen LogP contribution in [0.2, 0.25) is 0 Å². The molecule has 0 heterocycles. The number of rotatable bonds is 9. The van der Waals surface area contributed by atoms with Gasteiger partial charge in [-0.15, -0.1) is 0 Å². The van der Waals surface area contributed by atoms with Crippen LogP contribution in [-0.4, -0.2) is 36.1 Å². The molecule has 0 aliphatic rings. The number of halogens is 2. The monoisotopic (exact) mass is 424 g/mol. The summed E-state index contributed by atoms with van der Waals surface area (Å²) in [6.07, 6.45) is 0.140. The third kappa shape index (κ3) is 6.44. The molecule has 6 heteroatoms. The molecule has 0 aromatic heterocycles. The molecule has 0 saturated heterocycles. The fraction of sp³-hybridized carbons (Fsp3) is 0.240. The molecule has 1 amide bonds. The standard InChI is InChI=1S/C25H26F2N2O2/c1-28(31-2)25(30)24(15-21-13-22(26)16-23(27)14-21)29(17-19-9-5-3-6-10-19)18-20-11-7-4-8-12-20/h3-14,16,24H,15,17-18H2,1-2H3.